The maximum absolute atomic E-state index is 12.5. The average molecular weight is 350 g/mol. The van der Waals surface area contributed by atoms with Gasteiger partial charge in [-0.2, -0.15) is 0 Å². The van der Waals surface area contributed by atoms with Gasteiger partial charge >= 0.3 is 0 Å². The highest BCUT2D eigenvalue weighted by Gasteiger charge is 2.27. The van der Waals surface area contributed by atoms with Crippen LogP contribution in [0.15, 0.2) is 59.1 Å². The number of para-hydroxylation sites is 2. The lowest BCUT2D eigenvalue weighted by atomic mass is 10.1. The van der Waals surface area contributed by atoms with Crippen molar-refractivity contribution in [2.75, 3.05) is 6.61 Å². The van der Waals surface area contributed by atoms with Crippen molar-refractivity contribution < 1.29 is 18.8 Å². The number of carbonyl (C=O) groups excluding carboxylic acids is 1. The Labute approximate surface area is 150 Å². The first-order valence-corrected chi connectivity index (χ1v) is 8.39. The van der Waals surface area contributed by atoms with Crippen molar-refractivity contribution in [1.82, 2.24) is 10.5 Å². The van der Waals surface area contributed by atoms with Crippen LogP contribution in [0.4, 0.5) is 0 Å². The Morgan fingerprint density at radius 2 is 1.85 bits per heavy atom. The molecular formula is C20H18N2O4. The predicted molar refractivity (Wildman–Crippen MR) is 94.9 cm³/mol. The molecule has 0 saturated heterocycles. The normalized spacial score (nSPS) is 15.5. The number of nitrogens with zero attached hydrogens (tertiary/aromatic N) is 1. The smallest absolute Gasteiger partial charge is 0.264 e. The van der Waals surface area contributed by atoms with Crippen molar-refractivity contribution in [3.63, 3.8) is 0 Å². The molecule has 1 aliphatic rings. The molecule has 0 bridgehead atoms. The minimum atomic E-state index is -0.690. The zero-order valence-electron chi connectivity index (χ0n) is 14.3. The number of amides is 1. The molecule has 0 unspecified atom stereocenters. The Morgan fingerprint density at radius 3 is 2.65 bits per heavy atom. The molecule has 6 heteroatoms. The van der Waals surface area contributed by atoms with Crippen molar-refractivity contribution in [3.05, 3.63) is 65.9 Å². The molecule has 1 aliphatic heterocycles. The number of aryl methyl sites for hydroxylation is 1. The van der Waals surface area contributed by atoms with E-state index in [2.05, 4.69) is 10.5 Å². The molecule has 6 nitrogen and oxygen atoms in total. The van der Waals surface area contributed by atoms with E-state index in [4.69, 9.17) is 14.0 Å². The summed E-state index contributed by atoms with van der Waals surface area (Å²) >= 11 is 0. The van der Waals surface area contributed by atoms with Gasteiger partial charge in [-0.1, -0.05) is 47.6 Å². The molecule has 1 N–H and O–H groups in total. The minimum absolute atomic E-state index is 0.178. The van der Waals surface area contributed by atoms with Crippen LogP contribution in [0.3, 0.4) is 0 Å². The van der Waals surface area contributed by atoms with Gasteiger partial charge in [0.15, 0.2) is 11.5 Å². The standard InChI is InChI=1S/C20H18N2O4/c1-13-15(19(22-26-13)14-7-3-2-4-8-14)11-21-20(23)18-12-24-16-9-5-6-10-17(16)25-18/h2-10,18H,11-12H2,1H3,(H,21,23)/t18-/m1/s1. The molecule has 0 fully saturated rings. The summed E-state index contributed by atoms with van der Waals surface area (Å²) < 4.78 is 16.6. The van der Waals surface area contributed by atoms with Crippen LogP contribution in [0.1, 0.15) is 11.3 Å². The van der Waals surface area contributed by atoms with Crippen LogP contribution < -0.4 is 14.8 Å². The lowest BCUT2D eigenvalue weighted by molar-refractivity contribution is -0.130. The van der Waals surface area contributed by atoms with E-state index >= 15 is 0 Å². The first-order chi connectivity index (χ1) is 12.7. The number of aromatic nitrogens is 1. The molecule has 3 aromatic rings. The number of nitrogens with one attached hydrogen (secondary N) is 1. The molecule has 2 aromatic carbocycles. The van der Waals surface area contributed by atoms with E-state index in [0.29, 0.717) is 23.8 Å². The molecule has 1 amide bonds. The van der Waals surface area contributed by atoms with E-state index < -0.39 is 6.10 Å². The Balaban J connectivity index is 1.45. The van der Waals surface area contributed by atoms with E-state index in [-0.39, 0.29) is 12.5 Å². The van der Waals surface area contributed by atoms with Gasteiger partial charge in [0.1, 0.15) is 18.1 Å². The Kier molecular flexibility index (Phi) is 4.31. The zero-order valence-corrected chi connectivity index (χ0v) is 14.3. The molecular weight excluding hydrogens is 332 g/mol. The van der Waals surface area contributed by atoms with Crippen molar-refractivity contribution in [2.24, 2.45) is 0 Å². The number of carbonyl (C=O) groups is 1. The molecule has 4 rings (SSSR count). The number of hydrogen-bond acceptors (Lipinski definition) is 5. The summed E-state index contributed by atoms with van der Waals surface area (Å²) in [5.41, 5.74) is 2.52. The van der Waals surface area contributed by atoms with Gasteiger partial charge in [0.2, 0.25) is 6.10 Å². The highest BCUT2D eigenvalue weighted by atomic mass is 16.6. The molecule has 2 heterocycles. The molecule has 0 radical (unpaired) electrons. The fourth-order valence-corrected chi connectivity index (χ4v) is 2.86. The van der Waals surface area contributed by atoms with E-state index in [9.17, 15) is 4.79 Å². The van der Waals surface area contributed by atoms with Gasteiger partial charge in [0.25, 0.3) is 5.91 Å². The second kappa shape index (κ2) is 6.92. The molecule has 0 saturated carbocycles. The summed E-state index contributed by atoms with van der Waals surface area (Å²) in [7, 11) is 0. The first-order valence-electron chi connectivity index (χ1n) is 8.39. The largest absolute Gasteiger partial charge is 0.485 e. The van der Waals surface area contributed by atoms with Crippen LogP contribution in [0.5, 0.6) is 11.5 Å². The summed E-state index contributed by atoms with van der Waals surface area (Å²) in [5, 5.41) is 7.02. The summed E-state index contributed by atoms with van der Waals surface area (Å²) in [5.74, 6) is 1.66. The van der Waals surface area contributed by atoms with Crippen LogP contribution in [0.25, 0.3) is 11.3 Å². The van der Waals surface area contributed by atoms with Crippen LogP contribution in [0.2, 0.25) is 0 Å². The van der Waals surface area contributed by atoms with E-state index in [1.165, 1.54) is 0 Å². The molecule has 0 spiro atoms. The monoisotopic (exact) mass is 350 g/mol. The van der Waals surface area contributed by atoms with Crippen LogP contribution >= 0.6 is 0 Å². The van der Waals surface area contributed by atoms with E-state index in [0.717, 1.165) is 16.8 Å². The lowest BCUT2D eigenvalue weighted by Gasteiger charge is -2.25. The average Bonchev–Trinajstić information content (AvgIpc) is 3.07. The summed E-state index contributed by atoms with van der Waals surface area (Å²) in [4.78, 5) is 12.5. The Morgan fingerprint density at radius 1 is 1.12 bits per heavy atom. The highest BCUT2D eigenvalue weighted by molar-refractivity contribution is 5.82. The number of ether oxygens (including phenoxy) is 2. The lowest BCUT2D eigenvalue weighted by Crippen LogP contribution is -2.43. The van der Waals surface area contributed by atoms with Gasteiger partial charge in [-0.15, -0.1) is 0 Å². The molecule has 1 atom stereocenters. The quantitative estimate of drug-likeness (QED) is 0.783. The van der Waals surface area contributed by atoms with Gasteiger partial charge in [0, 0.05) is 17.7 Å². The number of hydrogen-bond donors (Lipinski definition) is 1. The van der Waals surface area contributed by atoms with Gasteiger partial charge in [0.05, 0.1) is 0 Å². The number of fused-ring (bicyclic) bond motifs is 1. The van der Waals surface area contributed by atoms with Crippen molar-refractivity contribution in [3.8, 4) is 22.8 Å². The van der Waals surface area contributed by atoms with Crippen molar-refractivity contribution in [1.29, 1.82) is 0 Å². The summed E-state index contributed by atoms with van der Waals surface area (Å²) in [6, 6.07) is 17.0. The molecule has 26 heavy (non-hydrogen) atoms. The second-order valence-corrected chi connectivity index (χ2v) is 6.01. The SMILES string of the molecule is Cc1onc(-c2ccccc2)c1CNC(=O)[C@H]1COc2ccccc2O1. The molecule has 132 valence electrons. The minimum Gasteiger partial charge on any atom is -0.485 e. The third-order valence-corrected chi connectivity index (χ3v) is 4.27. The fourth-order valence-electron chi connectivity index (χ4n) is 2.86. The van der Waals surface area contributed by atoms with Gasteiger partial charge < -0.3 is 19.3 Å². The third-order valence-electron chi connectivity index (χ3n) is 4.27. The second-order valence-electron chi connectivity index (χ2n) is 6.01. The maximum atomic E-state index is 12.5. The number of benzene rings is 2. The van der Waals surface area contributed by atoms with Crippen LogP contribution in [-0.2, 0) is 11.3 Å². The summed E-state index contributed by atoms with van der Waals surface area (Å²) in [6.07, 6.45) is -0.690. The van der Waals surface area contributed by atoms with Crippen molar-refractivity contribution in [2.45, 2.75) is 19.6 Å². The van der Waals surface area contributed by atoms with Gasteiger partial charge in [-0.05, 0) is 19.1 Å². The Hall–Kier alpha value is -3.28. The van der Waals surface area contributed by atoms with E-state index in [1.807, 2.05) is 55.5 Å². The topological polar surface area (TPSA) is 73.6 Å². The molecule has 0 aliphatic carbocycles. The maximum Gasteiger partial charge on any atom is 0.264 e. The fraction of sp³-hybridized carbons (Fsp3) is 0.200. The summed E-state index contributed by atoms with van der Waals surface area (Å²) in [6.45, 7) is 2.31. The zero-order chi connectivity index (χ0) is 17.9. The van der Waals surface area contributed by atoms with Crippen molar-refractivity contribution >= 4 is 5.91 Å². The third kappa shape index (κ3) is 3.13. The number of rotatable bonds is 4. The first kappa shape index (κ1) is 16.2. The predicted octanol–water partition coefficient (Wildman–Crippen LogP) is 3.11. The van der Waals surface area contributed by atoms with Crippen LogP contribution in [0, 0.1) is 6.92 Å². The van der Waals surface area contributed by atoms with E-state index in [1.54, 1.807) is 6.07 Å². The van der Waals surface area contributed by atoms with Crippen LogP contribution in [-0.4, -0.2) is 23.8 Å². The van der Waals surface area contributed by atoms with Gasteiger partial charge in [-0.3, -0.25) is 4.79 Å². The molecule has 1 aromatic heterocycles. The van der Waals surface area contributed by atoms with Gasteiger partial charge in [-0.25, -0.2) is 0 Å². The highest BCUT2D eigenvalue weighted by Crippen LogP contribution is 2.31. The Bertz CT molecular complexity index is 921.